The monoisotopic (exact) mass is 817 g/mol. The van der Waals surface area contributed by atoms with Gasteiger partial charge in [0.05, 0.1) is 11.8 Å². The molecule has 248 valence electrons. The van der Waals surface area contributed by atoms with Gasteiger partial charge in [-0.15, -0.1) is 41.3 Å². The van der Waals surface area contributed by atoms with Crippen molar-refractivity contribution in [2.75, 3.05) is 7.11 Å². The Balaban J connectivity index is 0.00000401. The van der Waals surface area contributed by atoms with Crippen LogP contribution in [0.1, 0.15) is 74.0 Å². The predicted molar refractivity (Wildman–Crippen MR) is 189 cm³/mol. The molecular weight excluding hydrogens is 776 g/mol. The topological polar surface area (TPSA) is 54.1 Å². The van der Waals surface area contributed by atoms with Crippen LogP contribution in [0.2, 0.25) is 0 Å². The predicted octanol–water partition coefficient (Wildman–Crippen LogP) is 9.89. The van der Waals surface area contributed by atoms with E-state index in [1.165, 1.54) is 11.1 Å². The minimum absolute atomic E-state index is 0. The molecule has 7 heteroatoms. The molecule has 0 amide bonds. The number of aromatic nitrogens is 4. The maximum Gasteiger partial charge on any atom is 2.00 e. The van der Waals surface area contributed by atoms with Gasteiger partial charge in [0.25, 0.3) is 0 Å². The molecule has 3 aromatic heterocycles. The SMILES string of the molecule is CO[C@H]1C=C(C)C(c2c(C)nn(-c3[c-]c(Oc4[c-]c5c(cc4)c4ccccc4n5-c4cc(C)ccn4)cc(C(C)C)c3)c2C)[C@@H](C)C1.[Pt+2]. The van der Waals surface area contributed by atoms with E-state index < -0.39 is 0 Å². The Morgan fingerprint density at radius 3 is 2.44 bits per heavy atom. The number of allylic oxidation sites excluding steroid dienone is 1. The number of ether oxygens (including phenoxy) is 2. The van der Waals surface area contributed by atoms with E-state index in [2.05, 4.69) is 120 Å². The number of methoxy groups -OCH3 is 1. The van der Waals surface area contributed by atoms with Gasteiger partial charge in [-0.2, -0.15) is 11.2 Å². The van der Waals surface area contributed by atoms with Gasteiger partial charge in [0.2, 0.25) is 0 Å². The van der Waals surface area contributed by atoms with Gasteiger partial charge in [-0.25, -0.2) is 4.98 Å². The second-order valence-electron chi connectivity index (χ2n) is 13.4. The van der Waals surface area contributed by atoms with Gasteiger partial charge < -0.3 is 14.0 Å². The van der Waals surface area contributed by atoms with E-state index in [0.717, 1.165) is 62.2 Å². The van der Waals surface area contributed by atoms with Crippen LogP contribution >= 0.6 is 0 Å². The summed E-state index contributed by atoms with van der Waals surface area (Å²) in [6, 6.07) is 28.0. The smallest absolute Gasteiger partial charge is 0.509 e. The van der Waals surface area contributed by atoms with Gasteiger partial charge in [0.15, 0.2) is 0 Å². The zero-order valence-electron chi connectivity index (χ0n) is 28.9. The Hall–Kier alpha value is -3.99. The molecule has 0 aliphatic heterocycles. The second-order valence-corrected chi connectivity index (χ2v) is 13.4. The normalized spacial score (nSPS) is 17.9. The summed E-state index contributed by atoms with van der Waals surface area (Å²) in [5.41, 5.74) is 10.0. The average Bonchev–Trinajstić information content (AvgIpc) is 3.53. The molecule has 7 rings (SSSR count). The summed E-state index contributed by atoms with van der Waals surface area (Å²) in [7, 11) is 1.80. The van der Waals surface area contributed by atoms with Crippen LogP contribution in [-0.4, -0.2) is 32.5 Å². The fraction of sp³-hybridized carbons (Fsp3) is 0.317. The van der Waals surface area contributed by atoms with Crippen molar-refractivity contribution < 1.29 is 30.5 Å². The van der Waals surface area contributed by atoms with Crippen molar-refractivity contribution in [1.82, 2.24) is 19.3 Å². The molecule has 3 atom stereocenters. The molecule has 0 fully saturated rings. The molecule has 0 radical (unpaired) electrons. The molecule has 1 aliphatic rings. The third kappa shape index (κ3) is 6.06. The van der Waals surface area contributed by atoms with Crippen LogP contribution in [0.5, 0.6) is 11.5 Å². The minimum atomic E-state index is 0. The van der Waals surface area contributed by atoms with Gasteiger partial charge in [0.1, 0.15) is 5.82 Å². The molecule has 0 spiro atoms. The van der Waals surface area contributed by atoms with Crippen LogP contribution in [0.25, 0.3) is 33.3 Å². The number of para-hydroxylation sites is 1. The van der Waals surface area contributed by atoms with Crippen LogP contribution < -0.4 is 4.74 Å². The molecule has 1 unspecified atom stereocenters. The molecule has 3 aromatic carbocycles. The summed E-state index contributed by atoms with van der Waals surface area (Å²) in [5, 5.41) is 7.34. The van der Waals surface area contributed by atoms with Crippen molar-refractivity contribution in [1.29, 1.82) is 0 Å². The van der Waals surface area contributed by atoms with E-state index in [0.29, 0.717) is 23.3 Å². The summed E-state index contributed by atoms with van der Waals surface area (Å²) in [6.45, 7) is 15.3. The number of fused-ring (bicyclic) bond motifs is 3. The largest absolute Gasteiger partial charge is 2.00 e. The van der Waals surface area contributed by atoms with E-state index in [1.807, 2.05) is 23.0 Å². The van der Waals surface area contributed by atoms with E-state index in [1.54, 1.807) is 7.11 Å². The quantitative estimate of drug-likeness (QED) is 0.119. The van der Waals surface area contributed by atoms with Crippen LogP contribution in [0.4, 0.5) is 0 Å². The number of nitrogens with zero attached hydrogens (tertiary/aromatic N) is 4. The molecule has 0 N–H and O–H groups in total. The Kier molecular flexibility index (Phi) is 9.52. The third-order valence-electron chi connectivity index (χ3n) is 9.73. The first-order chi connectivity index (χ1) is 22.6. The van der Waals surface area contributed by atoms with Crippen LogP contribution in [0, 0.1) is 38.8 Å². The fourth-order valence-corrected chi connectivity index (χ4v) is 7.42. The first kappa shape index (κ1) is 33.9. The number of pyridine rings is 1. The number of hydrogen-bond donors (Lipinski definition) is 0. The van der Waals surface area contributed by atoms with Crippen molar-refractivity contribution in [2.24, 2.45) is 5.92 Å². The van der Waals surface area contributed by atoms with Crippen molar-refractivity contribution in [3.05, 3.63) is 119 Å². The average molecular weight is 818 g/mol. The maximum atomic E-state index is 6.59. The van der Waals surface area contributed by atoms with Gasteiger partial charge >= 0.3 is 21.1 Å². The zero-order chi connectivity index (χ0) is 33.0. The summed E-state index contributed by atoms with van der Waals surface area (Å²) in [4.78, 5) is 4.72. The molecule has 48 heavy (non-hydrogen) atoms. The zero-order valence-corrected chi connectivity index (χ0v) is 31.1. The first-order valence-electron chi connectivity index (χ1n) is 16.5. The summed E-state index contributed by atoms with van der Waals surface area (Å²) in [6.07, 6.45) is 5.29. The summed E-state index contributed by atoms with van der Waals surface area (Å²) < 4.78 is 16.5. The van der Waals surface area contributed by atoms with Crippen molar-refractivity contribution in [3.8, 4) is 23.0 Å². The molecule has 6 aromatic rings. The Bertz CT molecular complexity index is 2160. The molecule has 6 nitrogen and oxygen atoms in total. The first-order valence-corrected chi connectivity index (χ1v) is 16.5. The van der Waals surface area contributed by atoms with Crippen molar-refractivity contribution in [2.45, 2.75) is 72.8 Å². The number of hydrogen-bond acceptors (Lipinski definition) is 4. The standard InChI is InChI=1S/C41H42N4O2.Pt/c1-24(2)30-20-31(45-29(7)41(28(6)43-45)40-26(4)18-33(46-8)19-27(40)5)22-34(21-30)47-32-13-14-36-35-11-9-10-12-37(35)44(38(36)23-32)39-17-25(3)15-16-42-39;/h9-18,20-21,24,27,33,40H,19H2,1-8H3;/q-2;+2/t27-,33-,40?;/m0./s1. The molecule has 1 aliphatic carbocycles. The minimum Gasteiger partial charge on any atom is -0.509 e. The molecule has 0 saturated heterocycles. The summed E-state index contributed by atoms with van der Waals surface area (Å²) >= 11 is 0. The van der Waals surface area contributed by atoms with Gasteiger partial charge in [-0.05, 0) is 80.8 Å². The van der Waals surface area contributed by atoms with E-state index in [9.17, 15) is 0 Å². The van der Waals surface area contributed by atoms with Crippen LogP contribution in [-0.2, 0) is 25.8 Å². The molecular formula is C41H42N4O2Pt. The van der Waals surface area contributed by atoms with E-state index in [-0.39, 0.29) is 33.1 Å². The Morgan fingerprint density at radius 2 is 1.71 bits per heavy atom. The van der Waals surface area contributed by atoms with Crippen LogP contribution in [0.15, 0.2) is 78.5 Å². The Morgan fingerprint density at radius 1 is 0.917 bits per heavy atom. The van der Waals surface area contributed by atoms with E-state index >= 15 is 0 Å². The van der Waals surface area contributed by atoms with E-state index in [4.69, 9.17) is 19.6 Å². The molecule has 0 saturated carbocycles. The molecule has 3 heterocycles. The number of aryl methyl sites for hydroxylation is 2. The van der Waals surface area contributed by atoms with Crippen molar-refractivity contribution >= 4 is 21.8 Å². The van der Waals surface area contributed by atoms with Gasteiger partial charge in [-0.3, -0.25) is 4.68 Å². The third-order valence-corrected chi connectivity index (χ3v) is 9.73. The van der Waals surface area contributed by atoms with Crippen LogP contribution in [0.3, 0.4) is 0 Å². The van der Waals surface area contributed by atoms with Gasteiger partial charge in [0, 0.05) is 47.5 Å². The number of rotatable bonds is 7. The Labute approximate surface area is 298 Å². The summed E-state index contributed by atoms with van der Waals surface area (Å²) in [5.74, 6) is 3.15. The number of benzene rings is 3. The molecule has 0 bridgehead atoms. The second kappa shape index (κ2) is 13.5. The van der Waals surface area contributed by atoms with Crippen molar-refractivity contribution in [3.63, 3.8) is 0 Å². The van der Waals surface area contributed by atoms with Gasteiger partial charge in [-0.1, -0.05) is 56.1 Å². The fourth-order valence-electron chi connectivity index (χ4n) is 7.42. The maximum absolute atomic E-state index is 6.59.